The van der Waals surface area contributed by atoms with Crippen LogP contribution in [0.4, 0.5) is 0 Å². The molecule has 0 N–H and O–H groups in total. The lowest BCUT2D eigenvalue weighted by molar-refractivity contribution is 0.598. The van der Waals surface area contributed by atoms with Gasteiger partial charge in [-0.1, -0.05) is 165 Å². The lowest BCUT2D eigenvalue weighted by Gasteiger charge is -2.10. The number of amidine groups is 1. The second-order valence-corrected chi connectivity index (χ2v) is 17.2. The summed E-state index contributed by atoms with van der Waals surface area (Å²) in [6.45, 7) is 4.01. The molecule has 0 fully saturated rings. The summed E-state index contributed by atoms with van der Waals surface area (Å²) in [5.74, 6) is 0.546. The summed E-state index contributed by atoms with van der Waals surface area (Å²) in [7, 11) is -3.83. The molecule has 9 aromatic rings. The van der Waals surface area contributed by atoms with E-state index in [0.29, 0.717) is 33.1 Å². The van der Waals surface area contributed by atoms with Crippen molar-refractivity contribution in [1.82, 2.24) is 4.57 Å². The number of aliphatic imine (C=N–C) groups is 2. The molecule has 10 rings (SSSR count). The van der Waals surface area contributed by atoms with Crippen LogP contribution in [-0.4, -0.2) is 24.5 Å². The SMILES string of the molecule is CC/C=C(/N=C(N=C(C)c1ccc2c(c1)S(=O)(=O)c1cc(-c3ccc4c(c3)c3ccccc3n4-c3ccccc3)ccc1-2)c1ccccc1)c1ccc(-c2ccccc2)cc1. The Balaban J connectivity index is 0.994. The minimum Gasteiger partial charge on any atom is -0.309 e. The van der Waals surface area contributed by atoms with Gasteiger partial charge >= 0.3 is 0 Å². The summed E-state index contributed by atoms with van der Waals surface area (Å²) in [5.41, 5.74) is 12.9. The van der Waals surface area contributed by atoms with Gasteiger partial charge in [0.2, 0.25) is 9.84 Å². The van der Waals surface area contributed by atoms with Gasteiger partial charge in [0, 0.05) is 38.9 Å². The molecule has 6 heteroatoms. The van der Waals surface area contributed by atoms with E-state index >= 15 is 0 Å². The third kappa shape index (κ3) is 6.91. The summed E-state index contributed by atoms with van der Waals surface area (Å²) >= 11 is 0. The van der Waals surface area contributed by atoms with Crippen molar-refractivity contribution < 1.29 is 8.42 Å². The molecule has 0 saturated heterocycles. The molecule has 294 valence electrons. The van der Waals surface area contributed by atoms with Crippen molar-refractivity contribution >= 4 is 48.9 Å². The van der Waals surface area contributed by atoms with Gasteiger partial charge in [0.25, 0.3) is 0 Å². The zero-order chi connectivity index (χ0) is 41.5. The number of para-hydroxylation sites is 2. The molecule has 0 saturated carbocycles. The second-order valence-electron chi connectivity index (χ2n) is 15.3. The third-order valence-corrected chi connectivity index (χ3v) is 13.3. The highest BCUT2D eigenvalue weighted by molar-refractivity contribution is 7.92. The molecular formula is C55H41N3O2S. The first kappa shape index (κ1) is 37.8. The second kappa shape index (κ2) is 15.6. The van der Waals surface area contributed by atoms with E-state index < -0.39 is 9.84 Å². The molecule has 0 radical (unpaired) electrons. The van der Waals surface area contributed by atoms with Crippen molar-refractivity contribution in [3.63, 3.8) is 0 Å². The van der Waals surface area contributed by atoms with Crippen LogP contribution >= 0.6 is 0 Å². The molecule has 8 aromatic carbocycles. The van der Waals surface area contributed by atoms with Gasteiger partial charge in [0.05, 0.1) is 26.5 Å². The number of sulfone groups is 1. The van der Waals surface area contributed by atoms with E-state index in [1.165, 1.54) is 0 Å². The maximum Gasteiger partial charge on any atom is 0.207 e. The van der Waals surface area contributed by atoms with Gasteiger partial charge in [-0.2, -0.15) is 0 Å². The first-order valence-corrected chi connectivity index (χ1v) is 22.0. The fourth-order valence-electron chi connectivity index (χ4n) is 8.43. The molecule has 0 spiro atoms. The molecule has 5 nitrogen and oxygen atoms in total. The van der Waals surface area contributed by atoms with Crippen molar-refractivity contribution in [1.29, 1.82) is 0 Å². The van der Waals surface area contributed by atoms with E-state index in [1.807, 2.05) is 91.9 Å². The van der Waals surface area contributed by atoms with Crippen LogP contribution in [0.1, 0.15) is 37.0 Å². The largest absolute Gasteiger partial charge is 0.309 e. The Morgan fingerprint density at radius 3 is 1.80 bits per heavy atom. The first-order chi connectivity index (χ1) is 29.9. The molecule has 0 bridgehead atoms. The topological polar surface area (TPSA) is 63.8 Å². The standard InChI is InChI=1S/C55H41N3O2S/c1-3-15-50(40-26-24-39(25-27-40)38-16-7-4-8-17-38)57-55(41-18-9-5-10-19-41)56-37(2)42-28-31-47-48-32-29-44(36-54(48)61(59,60)53(47)35-42)43-30-33-52-49(34-43)46-22-13-14-23-51(46)58(52)45-20-11-6-12-21-45/h4-36H,3H2,1-2H3/b50-15+,56-37?,57-55?. The molecule has 2 heterocycles. The summed E-state index contributed by atoms with van der Waals surface area (Å²) in [5, 5.41) is 2.25. The number of hydrogen-bond acceptors (Lipinski definition) is 3. The highest BCUT2D eigenvalue weighted by Gasteiger charge is 2.34. The van der Waals surface area contributed by atoms with Crippen LogP contribution in [0.3, 0.4) is 0 Å². The van der Waals surface area contributed by atoms with Crippen molar-refractivity contribution in [3.8, 4) is 39.1 Å². The van der Waals surface area contributed by atoms with Crippen LogP contribution < -0.4 is 0 Å². The molecule has 1 aliphatic rings. The van der Waals surface area contributed by atoms with Crippen molar-refractivity contribution in [2.75, 3.05) is 0 Å². The Kier molecular flexibility index (Phi) is 9.70. The average Bonchev–Trinajstić information content (AvgIpc) is 3.76. The summed E-state index contributed by atoms with van der Waals surface area (Å²) in [4.78, 5) is 10.9. The van der Waals surface area contributed by atoms with E-state index in [9.17, 15) is 8.42 Å². The first-order valence-electron chi connectivity index (χ1n) is 20.6. The average molecular weight is 808 g/mol. The van der Waals surface area contributed by atoms with E-state index in [2.05, 4.69) is 121 Å². The zero-order valence-electron chi connectivity index (χ0n) is 33.8. The molecule has 0 unspecified atom stereocenters. The lowest BCUT2D eigenvalue weighted by Crippen LogP contribution is -2.05. The Labute approximate surface area is 356 Å². The zero-order valence-corrected chi connectivity index (χ0v) is 34.6. The number of hydrogen-bond donors (Lipinski definition) is 0. The Hall–Kier alpha value is -7.41. The van der Waals surface area contributed by atoms with Crippen LogP contribution in [0.2, 0.25) is 0 Å². The number of rotatable bonds is 8. The number of fused-ring (bicyclic) bond motifs is 6. The summed E-state index contributed by atoms with van der Waals surface area (Å²) in [6.07, 6.45) is 2.90. The van der Waals surface area contributed by atoms with Gasteiger partial charge in [-0.3, -0.25) is 0 Å². The third-order valence-electron chi connectivity index (χ3n) is 11.5. The number of nitrogens with zero attached hydrogens (tertiary/aromatic N) is 3. The van der Waals surface area contributed by atoms with Gasteiger partial charge in [0.15, 0.2) is 5.84 Å². The van der Waals surface area contributed by atoms with E-state index in [1.54, 1.807) is 6.07 Å². The van der Waals surface area contributed by atoms with Crippen LogP contribution in [0.25, 0.3) is 66.6 Å². The maximum atomic E-state index is 14.4. The Morgan fingerprint density at radius 2 is 1.07 bits per heavy atom. The highest BCUT2D eigenvalue weighted by Crippen LogP contribution is 2.45. The van der Waals surface area contributed by atoms with Gasteiger partial charge in [-0.25, -0.2) is 18.4 Å². The lowest BCUT2D eigenvalue weighted by atomic mass is 9.98. The van der Waals surface area contributed by atoms with Gasteiger partial charge < -0.3 is 4.57 Å². The Morgan fingerprint density at radius 1 is 0.508 bits per heavy atom. The minimum atomic E-state index is -3.83. The normalized spacial score (nSPS) is 13.7. The van der Waals surface area contributed by atoms with Crippen LogP contribution in [-0.2, 0) is 9.84 Å². The Bertz CT molecular complexity index is 3330. The number of aromatic nitrogens is 1. The van der Waals surface area contributed by atoms with Crippen molar-refractivity contribution in [3.05, 3.63) is 217 Å². The monoisotopic (exact) mass is 807 g/mol. The minimum absolute atomic E-state index is 0.288. The molecule has 1 aliphatic heterocycles. The molecular weight excluding hydrogens is 767 g/mol. The van der Waals surface area contributed by atoms with Gasteiger partial charge in [-0.05, 0) is 89.2 Å². The molecule has 61 heavy (non-hydrogen) atoms. The fourth-order valence-corrected chi connectivity index (χ4v) is 10.2. The summed E-state index contributed by atoms with van der Waals surface area (Å²) < 4.78 is 31.2. The van der Waals surface area contributed by atoms with Crippen LogP contribution in [0, 0.1) is 0 Å². The number of allylic oxidation sites excluding steroid dienone is 1. The summed E-state index contributed by atoms with van der Waals surface area (Å²) in [6, 6.07) is 65.3. The molecule has 0 aliphatic carbocycles. The van der Waals surface area contributed by atoms with Crippen LogP contribution in [0.5, 0.6) is 0 Å². The predicted molar refractivity (Wildman–Crippen MR) is 252 cm³/mol. The molecule has 1 aromatic heterocycles. The molecule has 0 amide bonds. The van der Waals surface area contributed by atoms with E-state index in [-0.39, 0.29) is 4.90 Å². The smallest absolute Gasteiger partial charge is 0.207 e. The van der Waals surface area contributed by atoms with E-state index in [0.717, 1.165) is 73.0 Å². The fraction of sp³-hybridized carbons (Fsp3) is 0.0545. The van der Waals surface area contributed by atoms with Gasteiger partial charge in [0.1, 0.15) is 0 Å². The quantitative estimate of drug-likeness (QED) is 0.113. The highest BCUT2D eigenvalue weighted by atomic mass is 32.2. The maximum absolute atomic E-state index is 14.4. The predicted octanol–water partition coefficient (Wildman–Crippen LogP) is 13.6. The van der Waals surface area contributed by atoms with Gasteiger partial charge in [-0.15, -0.1) is 0 Å². The van der Waals surface area contributed by atoms with E-state index in [4.69, 9.17) is 9.98 Å². The van der Waals surface area contributed by atoms with Crippen LogP contribution in [0.15, 0.2) is 220 Å². The van der Waals surface area contributed by atoms with Crippen molar-refractivity contribution in [2.45, 2.75) is 30.1 Å². The van der Waals surface area contributed by atoms with Crippen molar-refractivity contribution in [2.24, 2.45) is 9.98 Å². The number of benzene rings is 8. The molecule has 0 atom stereocenters.